The van der Waals surface area contributed by atoms with Crippen LogP contribution in [-0.2, 0) is 18.4 Å². The summed E-state index contributed by atoms with van der Waals surface area (Å²) in [5.74, 6) is 0.775. The summed E-state index contributed by atoms with van der Waals surface area (Å²) in [6, 6.07) is 0.184. The highest BCUT2D eigenvalue weighted by Gasteiger charge is 2.27. The fraction of sp³-hybridized carbons (Fsp3) is 0.700. The minimum absolute atomic E-state index is 0.0683. The molecule has 0 radical (unpaired) electrons. The van der Waals surface area contributed by atoms with Crippen LogP contribution < -0.4 is 11.1 Å². The van der Waals surface area contributed by atoms with E-state index in [0.29, 0.717) is 12.4 Å². The van der Waals surface area contributed by atoms with Crippen molar-refractivity contribution in [1.82, 2.24) is 20.1 Å². The molecule has 1 heterocycles. The van der Waals surface area contributed by atoms with Crippen LogP contribution in [0.25, 0.3) is 0 Å². The molecule has 0 spiro atoms. The van der Waals surface area contributed by atoms with Crippen molar-refractivity contribution in [3.05, 3.63) is 12.2 Å². The molecular weight excluding hydrogens is 206 g/mol. The lowest BCUT2D eigenvalue weighted by Crippen LogP contribution is -2.30. The monoisotopic (exact) mass is 223 g/mol. The predicted octanol–water partition coefficient (Wildman–Crippen LogP) is -0.441. The van der Waals surface area contributed by atoms with Crippen molar-refractivity contribution in [3.63, 3.8) is 0 Å². The standard InChI is InChI=1S/C10H17N5O/c1-15-6-13-9(14-15)5-12-10(16)7-2-3-8(11)4-7/h6-8H,2-5,11H2,1H3,(H,12,16). The first kappa shape index (κ1) is 11.1. The highest BCUT2D eigenvalue weighted by atomic mass is 16.1. The first-order valence-electron chi connectivity index (χ1n) is 5.53. The average Bonchev–Trinajstić information content (AvgIpc) is 2.84. The molecule has 1 amide bonds. The number of aromatic nitrogens is 3. The highest BCUT2D eigenvalue weighted by Crippen LogP contribution is 2.23. The average molecular weight is 223 g/mol. The van der Waals surface area contributed by atoms with E-state index in [9.17, 15) is 4.79 Å². The summed E-state index contributed by atoms with van der Waals surface area (Å²) in [6.07, 6.45) is 4.25. The van der Waals surface area contributed by atoms with E-state index in [1.165, 1.54) is 0 Å². The van der Waals surface area contributed by atoms with E-state index in [4.69, 9.17) is 5.73 Å². The Balaban J connectivity index is 1.80. The predicted molar refractivity (Wildman–Crippen MR) is 58.2 cm³/mol. The summed E-state index contributed by atoms with van der Waals surface area (Å²) in [6.45, 7) is 0.394. The molecule has 0 aromatic carbocycles. The van der Waals surface area contributed by atoms with Crippen molar-refractivity contribution >= 4 is 5.91 Å². The third kappa shape index (κ3) is 2.57. The van der Waals surface area contributed by atoms with Crippen LogP contribution in [0.4, 0.5) is 0 Å². The van der Waals surface area contributed by atoms with Crippen molar-refractivity contribution in [2.45, 2.75) is 31.8 Å². The van der Waals surface area contributed by atoms with Gasteiger partial charge in [-0.05, 0) is 19.3 Å². The number of amides is 1. The van der Waals surface area contributed by atoms with Gasteiger partial charge in [-0.1, -0.05) is 0 Å². The minimum Gasteiger partial charge on any atom is -0.348 e. The Labute approximate surface area is 94.2 Å². The second-order valence-corrected chi connectivity index (χ2v) is 4.32. The Morgan fingerprint density at radius 1 is 1.69 bits per heavy atom. The van der Waals surface area contributed by atoms with Crippen LogP contribution in [0, 0.1) is 5.92 Å². The molecule has 2 unspecified atom stereocenters. The third-order valence-corrected chi connectivity index (χ3v) is 2.91. The van der Waals surface area contributed by atoms with Crippen molar-refractivity contribution in [1.29, 1.82) is 0 Å². The molecule has 3 N–H and O–H groups in total. The van der Waals surface area contributed by atoms with Gasteiger partial charge >= 0.3 is 0 Å². The second kappa shape index (κ2) is 4.61. The Kier molecular flexibility index (Phi) is 3.19. The topological polar surface area (TPSA) is 85.8 Å². The summed E-state index contributed by atoms with van der Waals surface area (Å²) in [5.41, 5.74) is 5.77. The molecule has 1 aromatic heterocycles. The number of nitrogens with one attached hydrogen (secondary N) is 1. The summed E-state index contributed by atoms with van der Waals surface area (Å²) in [5, 5.41) is 6.93. The van der Waals surface area contributed by atoms with Gasteiger partial charge in [-0.25, -0.2) is 4.98 Å². The Morgan fingerprint density at radius 3 is 3.06 bits per heavy atom. The van der Waals surface area contributed by atoms with E-state index in [2.05, 4.69) is 15.4 Å². The smallest absolute Gasteiger partial charge is 0.223 e. The molecule has 1 saturated carbocycles. The molecule has 1 aliphatic carbocycles. The van der Waals surface area contributed by atoms with Crippen LogP contribution in [0.2, 0.25) is 0 Å². The molecule has 6 nitrogen and oxygen atoms in total. The molecule has 6 heteroatoms. The molecule has 0 saturated heterocycles. The lowest BCUT2D eigenvalue weighted by atomic mass is 10.1. The summed E-state index contributed by atoms with van der Waals surface area (Å²) in [4.78, 5) is 15.8. The third-order valence-electron chi connectivity index (χ3n) is 2.91. The van der Waals surface area contributed by atoms with Crippen molar-refractivity contribution < 1.29 is 4.79 Å². The second-order valence-electron chi connectivity index (χ2n) is 4.32. The van der Waals surface area contributed by atoms with Crippen LogP contribution in [-0.4, -0.2) is 26.7 Å². The van der Waals surface area contributed by atoms with Gasteiger partial charge in [0.05, 0.1) is 6.54 Å². The van der Waals surface area contributed by atoms with E-state index in [0.717, 1.165) is 19.3 Å². The van der Waals surface area contributed by atoms with Crippen LogP contribution in [0.15, 0.2) is 6.33 Å². The highest BCUT2D eigenvalue weighted by molar-refractivity contribution is 5.78. The van der Waals surface area contributed by atoms with Gasteiger partial charge in [0.15, 0.2) is 5.82 Å². The molecule has 0 bridgehead atoms. The number of hydrogen-bond donors (Lipinski definition) is 2. The number of aryl methyl sites for hydroxylation is 1. The maximum atomic E-state index is 11.7. The lowest BCUT2D eigenvalue weighted by Gasteiger charge is -2.08. The summed E-state index contributed by atoms with van der Waals surface area (Å²) in [7, 11) is 1.80. The van der Waals surface area contributed by atoms with E-state index in [1.807, 2.05) is 0 Å². The van der Waals surface area contributed by atoms with Gasteiger partial charge in [0.25, 0.3) is 0 Å². The lowest BCUT2D eigenvalue weighted by molar-refractivity contribution is -0.125. The number of carbonyl (C=O) groups is 1. The maximum Gasteiger partial charge on any atom is 0.223 e. The Bertz CT molecular complexity index is 375. The van der Waals surface area contributed by atoms with E-state index in [-0.39, 0.29) is 17.9 Å². The van der Waals surface area contributed by atoms with Gasteiger partial charge in [-0.2, -0.15) is 5.10 Å². The first-order chi connectivity index (χ1) is 7.65. The number of rotatable bonds is 3. The van der Waals surface area contributed by atoms with Gasteiger partial charge in [0.1, 0.15) is 6.33 Å². The quantitative estimate of drug-likeness (QED) is 0.727. The summed E-state index contributed by atoms with van der Waals surface area (Å²) < 4.78 is 1.62. The molecule has 2 atom stereocenters. The first-order valence-corrected chi connectivity index (χ1v) is 5.53. The zero-order valence-electron chi connectivity index (χ0n) is 9.39. The van der Waals surface area contributed by atoms with Crippen molar-refractivity contribution in [2.75, 3.05) is 0 Å². The van der Waals surface area contributed by atoms with E-state index < -0.39 is 0 Å². The number of nitrogens with two attached hydrogens (primary N) is 1. The molecular formula is C10H17N5O. The van der Waals surface area contributed by atoms with E-state index in [1.54, 1.807) is 18.1 Å². The minimum atomic E-state index is 0.0683. The summed E-state index contributed by atoms with van der Waals surface area (Å²) >= 11 is 0. The Hall–Kier alpha value is -1.43. The van der Waals surface area contributed by atoms with Gasteiger partial charge in [0.2, 0.25) is 5.91 Å². The van der Waals surface area contributed by atoms with Crippen molar-refractivity contribution in [3.8, 4) is 0 Å². The number of hydrogen-bond acceptors (Lipinski definition) is 4. The molecule has 1 aliphatic rings. The van der Waals surface area contributed by atoms with Crippen LogP contribution in [0.3, 0.4) is 0 Å². The number of carbonyl (C=O) groups excluding carboxylic acids is 1. The molecule has 1 fully saturated rings. The maximum absolute atomic E-state index is 11.7. The largest absolute Gasteiger partial charge is 0.348 e. The van der Waals surface area contributed by atoms with Gasteiger partial charge in [-0.15, -0.1) is 0 Å². The zero-order chi connectivity index (χ0) is 11.5. The molecule has 1 aromatic rings. The van der Waals surface area contributed by atoms with Crippen molar-refractivity contribution in [2.24, 2.45) is 18.7 Å². The molecule has 0 aliphatic heterocycles. The molecule has 16 heavy (non-hydrogen) atoms. The van der Waals surface area contributed by atoms with Gasteiger partial charge in [-0.3, -0.25) is 9.48 Å². The van der Waals surface area contributed by atoms with Gasteiger partial charge < -0.3 is 11.1 Å². The van der Waals surface area contributed by atoms with E-state index >= 15 is 0 Å². The zero-order valence-corrected chi connectivity index (χ0v) is 9.39. The molecule has 2 rings (SSSR count). The normalized spacial score (nSPS) is 24.6. The fourth-order valence-corrected chi connectivity index (χ4v) is 2.03. The van der Waals surface area contributed by atoms with Crippen LogP contribution >= 0.6 is 0 Å². The number of nitrogens with zero attached hydrogens (tertiary/aromatic N) is 3. The van der Waals surface area contributed by atoms with Gasteiger partial charge in [0, 0.05) is 19.0 Å². The molecule has 88 valence electrons. The SMILES string of the molecule is Cn1cnc(CNC(=O)C2CCC(N)C2)n1. The fourth-order valence-electron chi connectivity index (χ4n) is 2.03. The Morgan fingerprint density at radius 2 is 2.50 bits per heavy atom. The van der Waals surface area contributed by atoms with Crippen LogP contribution in [0.1, 0.15) is 25.1 Å². The van der Waals surface area contributed by atoms with Crippen LogP contribution in [0.5, 0.6) is 0 Å².